The molecule has 0 radical (unpaired) electrons. The maximum atomic E-state index is 11.3. The van der Waals surface area contributed by atoms with E-state index in [2.05, 4.69) is 83.1 Å². The molecule has 2 aromatic heterocycles. The van der Waals surface area contributed by atoms with Gasteiger partial charge in [-0.25, -0.2) is 4.98 Å². The van der Waals surface area contributed by atoms with Gasteiger partial charge >= 0.3 is 0 Å². The molecule has 8 aromatic rings. The van der Waals surface area contributed by atoms with Crippen LogP contribution in [0.15, 0.2) is 140 Å². The molecule has 0 fully saturated rings. The number of rotatable bonds is 8. The summed E-state index contributed by atoms with van der Waals surface area (Å²) in [6, 6.07) is 47.0. The van der Waals surface area contributed by atoms with Crippen molar-refractivity contribution >= 4 is 11.0 Å². The Labute approximate surface area is 363 Å². The Morgan fingerprint density at radius 2 is 1.40 bits per heavy atom. The molecule has 0 atom stereocenters. The summed E-state index contributed by atoms with van der Waals surface area (Å²) in [5.41, 5.74) is 12.2. The zero-order valence-corrected chi connectivity index (χ0v) is 36.2. The first kappa shape index (κ1) is 35.6. The maximum absolute atomic E-state index is 11.3. The van der Waals surface area contributed by atoms with Crippen LogP contribution in [0.1, 0.15) is 88.0 Å². The van der Waals surface area contributed by atoms with Gasteiger partial charge in [0.05, 0.1) is 22.3 Å². The number of para-hydroxylation sites is 2. The summed E-state index contributed by atoms with van der Waals surface area (Å²) in [5, 5.41) is 11.3. The molecular weight excluding hydrogens is 890 g/mol. The number of hydrogen-bond acceptors (Lipinski definition) is 3. The molecule has 0 saturated carbocycles. The van der Waals surface area contributed by atoms with Gasteiger partial charge in [0, 0.05) is 38.4 Å². The molecule has 2 heterocycles. The van der Waals surface area contributed by atoms with Gasteiger partial charge in [-0.2, -0.15) is 0 Å². The molecule has 58 heavy (non-hydrogen) atoms. The number of pyridine rings is 1. The second-order valence-electron chi connectivity index (χ2n) is 16.4. The van der Waals surface area contributed by atoms with Crippen LogP contribution in [0.3, 0.4) is 0 Å². The fourth-order valence-corrected chi connectivity index (χ4v) is 7.43. The van der Waals surface area contributed by atoms with E-state index < -0.39 is 12.7 Å². The molecule has 0 bridgehead atoms. The maximum Gasteiger partial charge on any atom is 0.148 e. The zero-order chi connectivity index (χ0) is 43.4. The summed E-state index contributed by atoms with van der Waals surface area (Å²) in [4.78, 5) is 10.1. The number of aromatic hydroxyl groups is 1. The Balaban J connectivity index is 0.00000578. The van der Waals surface area contributed by atoms with Gasteiger partial charge in [-0.15, -0.1) is 29.3 Å². The van der Waals surface area contributed by atoms with Gasteiger partial charge in [-0.05, 0) is 99.4 Å². The number of phenols is 1. The standard InChI is InChI=1S/C53H50N3O.Pt/c1-33(2)39-26-40(34(3)4)28-41(27-39)37-21-22-48(35(5)25-37)56-49-19-14-18-45(51(49)55-52(56)46-17-12-13-20-50(46)57)42-29-43(31-44(30-42)53(6,7)8)47-32-38(23-24-54-47)36-15-10-9-11-16-36;/h9-28,30-34,57H,1-8H3;/q-1;/i5D3,33D;. The number of phenolic OH excluding ortho intramolecular Hbond substituents is 1. The second kappa shape index (κ2) is 16.4. The minimum atomic E-state index is -2.52. The van der Waals surface area contributed by atoms with E-state index in [0.29, 0.717) is 28.1 Å². The summed E-state index contributed by atoms with van der Waals surface area (Å²) < 4.78 is 37.4. The average Bonchev–Trinajstić information content (AvgIpc) is 3.62. The van der Waals surface area contributed by atoms with Crippen molar-refractivity contribution in [3.8, 4) is 67.5 Å². The first-order chi connectivity index (χ1) is 28.9. The van der Waals surface area contributed by atoms with E-state index >= 15 is 0 Å². The van der Waals surface area contributed by atoms with Gasteiger partial charge < -0.3 is 5.11 Å². The van der Waals surface area contributed by atoms with Crippen LogP contribution < -0.4 is 0 Å². The monoisotopic (exact) mass is 943 g/mol. The van der Waals surface area contributed by atoms with E-state index in [-0.39, 0.29) is 43.7 Å². The Morgan fingerprint density at radius 1 is 0.690 bits per heavy atom. The van der Waals surface area contributed by atoms with Crippen LogP contribution >= 0.6 is 0 Å². The molecule has 0 unspecified atom stereocenters. The minimum absolute atomic E-state index is 0. The van der Waals surface area contributed by atoms with Crippen molar-refractivity contribution in [2.45, 2.75) is 72.5 Å². The van der Waals surface area contributed by atoms with Crippen molar-refractivity contribution < 1.29 is 31.7 Å². The number of fused-ring (bicyclic) bond motifs is 1. The Bertz CT molecular complexity index is 2920. The summed E-state index contributed by atoms with van der Waals surface area (Å²) in [7, 11) is 0. The molecule has 294 valence electrons. The van der Waals surface area contributed by atoms with E-state index in [4.69, 9.17) is 15.5 Å². The van der Waals surface area contributed by atoms with Gasteiger partial charge in [-0.3, -0.25) is 9.55 Å². The van der Waals surface area contributed by atoms with E-state index in [9.17, 15) is 5.11 Å². The van der Waals surface area contributed by atoms with Crippen LogP contribution in [0.25, 0.3) is 72.7 Å². The Morgan fingerprint density at radius 3 is 2.12 bits per heavy atom. The predicted molar refractivity (Wildman–Crippen MR) is 238 cm³/mol. The molecule has 8 rings (SSSR count). The molecule has 0 spiro atoms. The SMILES string of the molecule is [2H]C([2H])([2H])c1cc(-c2cc(C(C)C)cc(C([2H])(C)C)c2)ccc1-n1c(-c2ccccc2O)nc2c(-c3[c-]c(-c4cc(-c5ccccc5)ccn4)cc(C(C)(C)C)c3)cccc21.[Pt]. The van der Waals surface area contributed by atoms with Crippen LogP contribution in [0.4, 0.5) is 0 Å². The van der Waals surface area contributed by atoms with E-state index in [1.807, 2.05) is 91.3 Å². The fraction of sp³-hybridized carbons (Fsp3) is 0.208. The van der Waals surface area contributed by atoms with Crippen LogP contribution in [0.2, 0.25) is 0 Å². The van der Waals surface area contributed by atoms with E-state index in [1.54, 1.807) is 24.3 Å². The third-order valence-electron chi connectivity index (χ3n) is 10.8. The zero-order valence-electron chi connectivity index (χ0n) is 38.0. The average molecular weight is 944 g/mol. The van der Waals surface area contributed by atoms with E-state index in [0.717, 1.165) is 61.3 Å². The number of aromatic nitrogens is 3. The van der Waals surface area contributed by atoms with Gasteiger partial charge in [-0.1, -0.05) is 145 Å². The first-order valence-electron chi connectivity index (χ1n) is 21.6. The Hall–Kier alpha value is -5.57. The predicted octanol–water partition coefficient (Wildman–Crippen LogP) is 14.1. The van der Waals surface area contributed by atoms with Gasteiger partial charge in [0.1, 0.15) is 11.6 Å². The van der Waals surface area contributed by atoms with Crippen LogP contribution in [-0.4, -0.2) is 19.6 Å². The Kier molecular flexibility index (Phi) is 10.0. The van der Waals surface area contributed by atoms with Crippen molar-refractivity contribution in [3.63, 3.8) is 0 Å². The molecular formula is C53H50N3OPt-. The molecule has 0 saturated heterocycles. The number of aryl methyl sites for hydroxylation is 1. The summed E-state index contributed by atoms with van der Waals surface area (Å²) in [5.74, 6) is -0.206. The van der Waals surface area contributed by atoms with Crippen molar-refractivity contribution in [2.75, 3.05) is 0 Å². The molecule has 5 heteroatoms. The number of hydrogen-bond donors (Lipinski definition) is 1. The first-order valence-corrected chi connectivity index (χ1v) is 19.6. The van der Waals surface area contributed by atoms with Crippen molar-refractivity contribution in [2.24, 2.45) is 0 Å². The largest absolute Gasteiger partial charge is 0.507 e. The third-order valence-corrected chi connectivity index (χ3v) is 10.8. The fourth-order valence-electron chi connectivity index (χ4n) is 7.43. The quantitative estimate of drug-likeness (QED) is 0.154. The topological polar surface area (TPSA) is 50.9 Å². The molecule has 0 aliphatic rings. The molecule has 4 nitrogen and oxygen atoms in total. The van der Waals surface area contributed by atoms with Gasteiger partial charge in [0.15, 0.2) is 0 Å². The smallest absolute Gasteiger partial charge is 0.148 e. The normalized spacial score (nSPS) is 13.1. The minimum Gasteiger partial charge on any atom is -0.507 e. The number of nitrogens with zero attached hydrogens (tertiary/aromatic N) is 3. The van der Waals surface area contributed by atoms with Crippen LogP contribution in [0, 0.1) is 12.9 Å². The van der Waals surface area contributed by atoms with Gasteiger partial charge in [0.2, 0.25) is 0 Å². The molecule has 0 amide bonds. The van der Waals surface area contributed by atoms with Gasteiger partial charge in [0.25, 0.3) is 0 Å². The summed E-state index contributed by atoms with van der Waals surface area (Å²) in [6.07, 6.45) is 1.83. The summed E-state index contributed by atoms with van der Waals surface area (Å²) >= 11 is 0. The molecule has 6 aromatic carbocycles. The van der Waals surface area contributed by atoms with Crippen molar-refractivity contribution in [1.29, 1.82) is 0 Å². The molecule has 0 aliphatic carbocycles. The molecule has 1 N–H and O–H groups in total. The van der Waals surface area contributed by atoms with Crippen molar-refractivity contribution in [1.82, 2.24) is 14.5 Å². The van der Waals surface area contributed by atoms with E-state index in [1.165, 1.54) is 0 Å². The van der Waals surface area contributed by atoms with Crippen LogP contribution in [-0.2, 0) is 26.5 Å². The van der Waals surface area contributed by atoms with Crippen LogP contribution in [0.5, 0.6) is 5.75 Å². The summed E-state index contributed by atoms with van der Waals surface area (Å²) in [6.45, 7) is 12.0. The number of benzene rings is 6. The third kappa shape index (κ3) is 7.96. The molecule has 0 aliphatic heterocycles. The van der Waals surface area contributed by atoms with Crippen molar-refractivity contribution in [3.05, 3.63) is 168 Å². The second-order valence-corrected chi connectivity index (χ2v) is 16.4. The number of imidazole rings is 1.